The number of nitrogens with zero attached hydrogens (tertiary/aromatic N) is 6. The standard InChI is InChI=1S/C16H18BrFN8/c1-9-14(23-16-20-6-13(17)15(19-2)24-16)7-22-26(9)12-3-11(4-12)25-8-10(18)5-21-25/h5-8,11-12H,3-4H2,1-2H3,(H2,19,20,23,24)/t11-,12+. The monoisotopic (exact) mass is 420 g/mol. The van der Waals surface area contributed by atoms with E-state index in [1.165, 1.54) is 12.4 Å². The minimum absolute atomic E-state index is 0.220. The van der Waals surface area contributed by atoms with E-state index in [9.17, 15) is 4.39 Å². The van der Waals surface area contributed by atoms with Gasteiger partial charge in [0.2, 0.25) is 5.95 Å². The van der Waals surface area contributed by atoms with E-state index in [4.69, 9.17) is 0 Å². The maximum absolute atomic E-state index is 13.1. The van der Waals surface area contributed by atoms with Crippen LogP contribution in [0.3, 0.4) is 0 Å². The average molecular weight is 421 g/mol. The van der Waals surface area contributed by atoms with Crippen LogP contribution in [0, 0.1) is 12.7 Å². The molecule has 136 valence electrons. The lowest BCUT2D eigenvalue weighted by atomic mass is 9.87. The first-order valence-electron chi connectivity index (χ1n) is 8.26. The summed E-state index contributed by atoms with van der Waals surface area (Å²) in [6, 6.07) is 0.499. The zero-order valence-electron chi connectivity index (χ0n) is 14.3. The van der Waals surface area contributed by atoms with E-state index < -0.39 is 0 Å². The van der Waals surface area contributed by atoms with Gasteiger partial charge in [0.25, 0.3) is 0 Å². The number of hydrogen-bond donors (Lipinski definition) is 2. The van der Waals surface area contributed by atoms with Gasteiger partial charge in [0.15, 0.2) is 5.82 Å². The van der Waals surface area contributed by atoms with Crippen molar-refractivity contribution in [1.29, 1.82) is 0 Å². The summed E-state index contributed by atoms with van der Waals surface area (Å²) < 4.78 is 17.6. The first kappa shape index (κ1) is 17.0. The van der Waals surface area contributed by atoms with E-state index in [2.05, 4.69) is 46.7 Å². The van der Waals surface area contributed by atoms with Crippen LogP contribution in [0.4, 0.5) is 21.8 Å². The molecule has 1 fully saturated rings. The first-order chi connectivity index (χ1) is 12.5. The summed E-state index contributed by atoms with van der Waals surface area (Å²) in [5.74, 6) is 0.908. The molecule has 10 heteroatoms. The Hall–Kier alpha value is -2.49. The van der Waals surface area contributed by atoms with Gasteiger partial charge in [-0.1, -0.05) is 0 Å². The largest absolute Gasteiger partial charge is 0.372 e. The first-order valence-corrected chi connectivity index (χ1v) is 9.05. The molecule has 0 atom stereocenters. The third kappa shape index (κ3) is 3.05. The van der Waals surface area contributed by atoms with E-state index in [1.54, 1.807) is 24.1 Å². The quantitative estimate of drug-likeness (QED) is 0.657. The van der Waals surface area contributed by atoms with Gasteiger partial charge in [-0.2, -0.15) is 15.2 Å². The van der Waals surface area contributed by atoms with Crippen LogP contribution in [-0.2, 0) is 0 Å². The normalized spacial score (nSPS) is 19.2. The van der Waals surface area contributed by atoms with Gasteiger partial charge in [0.1, 0.15) is 5.82 Å². The molecular formula is C16H18BrFN8. The number of anilines is 3. The number of hydrogen-bond acceptors (Lipinski definition) is 6. The van der Waals surface area contributed by atoms with Gasteiger partial charge in [0, 0.05) is 13.2 Å². The van der Waals surface area contributed by atoms with Gasteiger partial charge in [-0.05, 0) is 35.7 Å². The van der Waals surface area contributed by atoms with Gasteiger partial charge in [-0.3, -0.25) is 9.36 Å². The molecule has 0 amide bonds. The van der Waals surface area contributed by atoms with Crippen LogP contribution in [0.5, 0.6) is 0 Å². The Kier molecular flexibility index (Phi) is 4.35. The molecule has 1 aliphatic rings. The van der Waals surface area contributed by atoms with Crippen molar-refractivity contribution in [3.05, 3.63) is 40.8 Å². The molecule has 0 saturated heterocycles. The molecule has 0 bridgehead atoms. The van der Waals surface area contributed by atoms with Crippen LogP contribution >= 0.6 is 15.9 Å². The van der Waals surface area contributed by atoms with Crippen LogP contribution in [0.15, 0.2) is 29.3 Å². The molecule has 3 aromatic heterocycles. The number of rotatable bonds is 5. The van der Waals surface area contributed by atoms with Crippen LogP contribution in [-0.4, -0.2) is 36.6 Å². The number of aromatic nitrogens is 6. The average Bonchev–Trinajstić information content (AvgIpc) is 3.16. The highest BCUT2D eigenvalue weighted by molar-refractivity contribution is 9.10. The maximum atomic E-state index is 13.1. The lowest BCUT2D eigenvalue weighted by Gasteiger charge is -2.36. The summed E-state index contributed by atoms with van der Waals surface area (Å²) >= 11 is 3.39. The van der Waals surface area contributed by atoms with Gasteiger partial charge in [-0.15, -0.1) is 0 Å². The highest BCUT2D eigenvalue weighted by Crippen LogP contribution is 2.42. The van der Waals surface area contributed by atoms with Crippen molar-refractivity contribution in [1.82, 2.24) is 29.5 Å². The fourth-order valence-electron chi connectivity index (χ4n) is 3.13. The fraction of sp³-hybridized carbons (Fsp3) is 0.375. The third-order valence-electron chi connectivity index (χ3n) is 4.65. The molecular weight excluding hydrogens is 403 g/mol. The predicted molar refractivity (Wildman–Crippen MR) is 99.0 cm³/mol. The summed E-state index contributed by atoms with van der Waals surface area (Å²) in [5.41, 5.74) is 1.88. The molecule has 4 rings (SSSR count). The van der Waals surface area contributed by atoms with Crippen LogP contribution in [0.25, 0.3) is 0 Å². The minimum Gasteiger partial charge on any atom is -0.372 e. The second-order valence-corrected chi connectivity index (χ2v) is 7.13. The van der Waals surface area contributed by atoms with Crippen molar-refractivity contribution in [2.24, 2.45) is 0 Å². The maximum Gasteiger partial charge on any atom is 0.229 e. The minimum atomic E-state index is -0.300. The molecule has 0 aliphatic heterocycles. The Morgan fingerprint density at radius 1 is 1.19 bits per heavy atom. The van der Waals surface area contributed by atoms with Crippen molar-refractivity contribution in [3.63, 3.8) is 0 Å². The highest BCUT2D eigenvalue weighted by Gasteiger charge is 2.34. The molecule has 3 heterocycles. The zero-order valence-corrected chi connectivity index (χ0v) is 15.9. The van der Waals surface area contributed by atoms with Crippen molar-refractivity contribution in [2.75, 3.05) is 17.7 Å². The summed E-state index contributed by atoms with van der Waals surface area (Å²) in [7, 11) is 1.80. The number of nitrogens with one attached hydrogen (secondary N) is 2. The Morgan fingerprint density at radius 2 is 2.00 bits per heavy atom. The summed E-state index contributed by atoms with van der Waals surface area (Å²) in [6.07, 6.45) is 7.91. The van der Waals surface area contributed by atoms with E-state index in [-0.39, 0.29) is 17.9 Å². The van der Waals surface area contributed by atoms with Crippen LogP contribution < -0.4 is 10.6 Å². The topological polar surface area (TPSA) is 85.5 Å². The lowest BCUT2D eigenvalue weighted by Crippen LogP contribution is -2.30. The van der Waals surface area contributed by atoms with Gasteiger partial charge >= 0.3 is 0 Å². The zero-order chi connectivity index (χ0) is 18.3. The van der Waals surface area contributed by atoms with Crippen molar-refractivity contribution in [2.45, 2.75) is 31.8 Å². The lowest BCUT2D eigenvalue weighted by molar-refractivity contribution is 0.173. The van der Waals surface area contributed by atoms with E-state index in [0.717, 1.165) is 28.7 Å². The molecule has 0 unspecified atom stereocenters. The van der Waals surface area contributed by atoms with Gasteiger partial charge in [-0.25, -0.2) is 9.37 Å². The Bertz CT molecular complexity index is 930. The molecule has 1 aliphatic carbocycles. The van der Waals surface area contributed by atoms with Crippen LogP contribution in [0.1, 0.15) is 30.6 Å². The molecule has 3 aromatic rings. The second-order valence-electron chi connectivity index (χ2n) is 6.27. The Balaban J connectivity index is 1.46. The molecule has 0 spiro atoms. The smallest absolute Gasteiger partial charge is 0.229 e. The summed E-state index contributed by atoms with van der Waals surface area (Å²) in [5, 5.41) is 14.8. The van der Waals surface area contributed by atoms with E-state index >= 15 is 0 Å². The van der Waals surface area contributed by atoms with Crippen LogP contribution in [0.2, 0.25) is 0 Å². The molecule has 0 aromatic carbocycles. The van der Waals surface area contributed by atoms with E-state index in [0.29, 0.717) is 11.8 Å². The van der Waals surface area contributed by atoms with E-state index in [1.807, 2.05) is 11.6 Å². The highest BCUT2D eigenvalue weighted by atomic mass is 79.9. The predicted octanol–water partition coefficient (Wildman–Crippen LogP) is 3.44. The van der Waals surface area contributed by atoms with Crippen molar-refractivity contribution >= 4 is 33.4 Å². The molecule has 1 saturated carbocycles. The Morgan fingerprint density at radius 3 is 2.69 bits per heavy atom. The molecule has 0 radical (unpaired) electrons. The SMILES string of the molecule is CNc1nc(Nc2cnn([C@H]3C[C@@H](n4cc(F)cn4)C3)c2C)ncc1Br. The number of halogens is 2. The van der Waals surface area contributed by atoms with Gasteiger partial charge < -0.3 is 10.6 Å². The van der Waals surface area contributed by atoms with Gasteiger partial charge in [0.05, 0.1) is 46.5 Å². The second kappa shape index (κ2) is 6.67. The summed E-state index contributed by atoms with van der Waals surface area (Å²) in [4.78, 5) is 8.68. The van der Waals surface area contributed by atoms with Crippen molar-refractivity contribution < 1.29 is 4.39 Å². The Labute approximate surface area is 158 Å². The summed E-state index contributed by atoms with van der Waals surface area (Å²) in [6.45, 7) is 2.01. The molecule has 26 heavy (non-hydrogen) atoms. The molecule has 8 nitrogen and oxygen atoms in total. The fourth-order valence-corrected chi connectivity index (χ4v) is 3.52. The van der Waals surface area contributed by atoms with Crippen molar-refractivity contribution in [3.8, 4) is 0 Å². The third-order valence-corrected chi connectivity index (χ3v) is 5.23. The molecule has 2 N–H and O–H groups in total.